The molecule has 0 aromatic heterocycles. The predicted molar refractivity (Wildman–Crippen MR) is 58.8 cm³/mol. The molecular formula is C11H17NO3. The Balaban J connectivity index is 0.000000288. The number of ether oxygens (including phenoxy) is 2. The summed E-state index contributed by atoms with van der Waals surface area (Å²) >= 11 is 0. The number of rotatable bonds is 2. The lowest BCUT2D eigenvalue weighted by atomic mass is 10.2. The Hall–Kier alpha value is -1.55. The maximum Gasteiger partial charge on any atom is 0.319 e. The van der Waals surface area contributed by atoms with Crippen LogP contribution in [0, 0.1) is 6.92 Å². The fourth-order valence-electron chi connectivity index (χ4n) is 0.826. The summed E-state index contributed by atoms with van der Waals surface area (Å²) in [6.45, 7) is 2.01. The van der Waals surface area contributed by atoms with E-state index in [2.05, 4.69) is 4.74 Å². The molecule has 0 heterocycles. The number of nitrogens with two attached hydrogens (primary N) is 1. The van der Waals surface area contributed by atoms with Crippen molar-refractivity contribution in [2.45, 2.75) is 6.92 Å². The molecular weight excluding hydrogens is 194 g/mol. The van der Waals surface area contributed by atoms with Gasteiger partial charge in [-0.2, -0.15) is 0 Å². The number of methoxy groups -OCH3 is 2. The highest BCUT2D eigenvalue weighted by Gasteiger charge is 1.88. The normalized spacial score (nSPS) is 8.53. The molecule has 2 N–H and O–H groups in total. The average molecular weight is 211 g/mol. The largest absolute Gasteiger partial charge is 0.497 e. The monoisotopic (exact) mass is 211 g/mol. The molecule has 0 spiro atoms. The van der Waals surface area contributed by atoms with Gasteiger partial charge in [-0.05, 0) is 24.6 Å². The molecule has 1 aromatic rings. The third-order valence-corrected chi connectivity index (χ3v) is 1.62. The summed E-state index contributed by atoms with van der Waals surface area (Å²) in [5, 5.41) is 0. The molecule has 0 fully saturated rings. The number of carbonyl (C=O) groups excluding carboxylic acids is 1. The van der Waals surface area contributed by atoms with Crippen LogP contribution < -0.4 is 10.5 Å². The van der Waals surface area contributed by atoms with Gasteiger partial charge in [0.25, 0.3) is 0 Å². The molecule has 0 radical (unpaired) electrons. The Morgan fingerprint density at radius 3 is 2.33 bits per heavy atom. The van der Waals surface area contributed by atoms with Gasteiger partial charge in [-0.3, -0.25) is 4.79 Å². The van der Waals surface area contributed by atoms with E-state index in [1.54, 1.807) is 7.11 Å². The molecule has 0 unspecified atom stereocenters. The maximum atomic E-state index is 9.83. The van der Waals surface area contributed by atoms with Crippen LogP contribution in [0.15, 0.2) is 24.3 Å². The molecule has 0 saturated carbocycles. The maximum absolute atomic E-state index is 9.83. The van der Waals surface area contributed by atoms with Gasteiger partial charge >= 0.3 is 5.97 Å². The summed E-state index contributed by atoms with van der Waals surface area (Å²) in [6.07, 6.45) is 0. The number of carbonyl (C=O) groups is 1. The van der Waals surface area contributed by atoms with Crippen LogP contribution in [0.4, 0.5) is 0 Å². The van der Waals surface area contributed by atoms with Gasteiger partial charge < -0.3 is 15.2 Å². The lowest BCUT2D eigenvalue weighted by molar-refractivity contribution is -0.138. The summed E-state index contributed by atoms with van der Waals surface area (Å²) in [4.78, 5) is 9.83. The van der Waals surface area contributed by atoms with Crippen molar-refractivity contribution in [2.75, 3.05) is 20.8 Å². The van der Waals surface area contributed by atoms with Gasteiger partial charge in [-0.25, -0.2) is 0 Å². The number of aryl methyl sites for hydroxylation is 1. The van der Waals surface area contributed by atoms with Crippen molar-refractivity contribution in [1.29, 1.82) is 0 Å². The van der Waals surface area contributed by atoms with Gasteiger partial charge in [-0.15, -0.1) is 0 Å². The highest BCUT2D eigenvalue weighted by atomic mass is 16.5. The van der Waals surface area contributed by atoms with Crippen LogP contribution in [0.3, 0.4) is 0 Å². The lowest BCUT2D eigenvalue weighted by Crippen LogP contribution is -2.14. The van der Waals surface area contributed by atoms with E-state index in [0.29, 0.717) is 0 Å². The third kappa shape index (κ3) is 6.51. The van der Waals surface area contributed by atoms with Gasteiger partial charge in [0.05, 0.1) is 20.8 Å². The second-order valence-corrected chi connectivity index (χ2v) is 2.80. The van der Waals surface area contributed by atoms with E-state index < -0.39 is 0 Å². The van der Waals surface area contributed by atoms with E-state index in [0.717, 1.165) is 5.75 Å². The molecule has 0 aliphatic heterocycles. The van der Waals surface area contributed by atoms with Crippen LogP contribution in [0.25, 0.3) is 0 Å². The van der Waals surface area contributed by atoms with Crippen molar-refractivity contribution in [3.63, 3.8) is 0 Å². The molecule has 0 saturated heterocycles. The minimum Gasteiger partial charge on any atom is -0.497 e. The quantitative estimate of drug-likeness (QED) is 0.745. The number of hydrogen-bond acceptors (Lipinski definition) is 4. The smallest absolute Gasteiger partial charge is 0.319 e. The van der Waals surface area contributed by atoms with Crippen LogP contribution >= 0.6 is 0 Å². The van der Waals surface area contributed by atoms with Gasteiger partial charge in [0.15, 0.2) is 0 Å². The molecule has 0 aliphatic carbocycles. The SMILES string of the molecule is COC(=O)CN.COc1cccc(C)c1. The zero-order valence-electron chi connectivity index (χ0n) is 9.32. The van der Waals surface area contributed by atoms with Gasteiger partial charge in [0.1, 0.15) is 5.75 Å². The van der Waals surface area contributed by atoms with Crippen LogP contribution in [-0.4, -0.2) is 26.7 Å². The fourth-order valence-corrected chi connectivity index (χ4v) is 0.826. The minimum absolute atomic E-state index is 0.0312. The highest BCUT2D eigenvalue weighted by molar-refractivity contribution is 5.70. The van der Waals surface area contributed by atoms with Crippen LogP contribution in [0.1, 0.15) is 5.56 Å². The van der Waals surface area contributed by atoms with E-state index in [4.69, 9.17) is 10.5 Å². The Labute approximate surface area is 90.0 Å². The van der Waals surface area contributed by atoms with Crippen LogP contribution in [0.5, 0.6) is 5.75 Å². The van der Waals surface area contributed by atoms with Gasteiger partial charge in [-0.1, -0.05) is 12.1 Å². The summed E-state index contributed by atoms with van der Waals surface area (Å²) < 4.78 is 9.13. The van der Waals surface area contributed by atoms with Crippen LogP contribution in [-0.2, 0) is 9.53 Å². The van der Waals surface area contributed by atoms with Crippen molar-refractivity contribution < 1.29 is 14.3 Å². The second-order valence-electron chi connectivity index (χ2n) is 2.80. The summed E-state index contributed by atoms with van der Waals surface area (Å²) in [5.74, 6) is 0.546. The first-order valence-corrected chi connectivity index (χ1v) is 4.51. The van der Waals surface area contributed by atoms with E-state index in [9.17, 15) is 4.79 Å². The molecule has 15 heavy (non-hydrogen) atoms. The third-order valence-electron chi connectivity index (χ3n) is 1.62. The van der Waals surface area contributed by atoms with Crippen LogP contribution in [0.2, 0.25) is 0 Å². The summed E-state index contributed by atoms with van der Waals surface area (Å²) in [6, 6.07) is 7.96. The van der Waals surface area contributed by atoms with Crippen molar-refractivity contribution >= 4 is 5.97 Å². The predicted octanol–water partition coefficient (Wildman–Crippen LogP) is 1.12. The Bertz CT molecular complexity index is 294. The van der Waals surface area contributed by atoms with Crippen molar-refractivity contribution in [3.05, 3.63) is 29.8 Å². The van der Waals surface area contributed by atoms with Crippen molar-refractivity contribution in [3.8, 4) is 5.75 Å². The molecule has 1 aromatic carbocycles. The zero-order chi connectivity index (χ0) is 11.7. The summed E-state index contributed by atoms with van der Waals surface area (Å²) in [7, 11) is 2.98. The first kappa shape index (κ1) is 13.4. The van der Waals surface area contributed by atoms with E-state index in [-0.39, 0.29) is 12.5 Å². The Kier molecular flexibility index (Phi) is 7.01. The molecule has 0 amide bonds. The van der Waals surface area contributed by atoms with Gasteiger partial charge in [0, 0.05) is 0 Å². The van der Waals surface area contributed by atoms with E-state index in [1.165, 1.54) is 12.7 Å². The molecule has 0 atom stereocenters. The first-order chi connectivity index (χ1) is 7.13. The minimum atomic E-state index is -0.380. The van der Waals surface area contributed by atoms with Gasteiger partial charge in [0.2, 0.25) is 0 Å². The Morgan fingerprint density at radius 1 is 1.40 bits per heavy atom. The highest BCUT2D eigenvalue weighted by Crippen LogP contribution is 2.10. The van der Waals surface area contributed by atoms with Crippen molar-refractivity contribution in [1.82, 2.24) is 0 Å². The fraction of sp³-hybridized carbons (Fsp3) is 0.364. The molecule has 4 heteroatoms. The first-order valence-electron chi connectivity index (χ1n) is 4.51. The van der Waals surface area contributed by atoms with E-state index >= 15 is 0 Å². The average Bonchev–Trinajstić information content (AvgIpc) is 2.28. The molecule has 84 valence electrons. The number of benzene rings is 1. The standard InChI is InChI=1S/C8H10O.C3H7NO2/c1-7-4-3-5-8(6-7)9-2;1-6-3(5)2-4/h3-6H,1-2H3;2,4H2,1H3. The second kappa shape index (κ2) is 7.82. The molecule has 0 aliphatic rings. The molecule has 4 nitrogen and oxygen atoms in total. The van der Waals surface area contributed by atoms with Crippen molar-refractivity contribution in [2.24, 2.45) is 5.73 Å². The number of esters is 1. The Morgan fingerprint density at radius 2 is 2.07 bits per heavy atom. The lowest BCUT2D eigenvalue weighted by Gasteiger charge is -1.97. The number of hydrogen-bond donors (Lipinski definition) is 1. The zero-order valence-corrected chi connectivity index (χ0v) is 9.32. The van der Waals surface area contributed by atoms with E-state index in [1.807, 2.05) is 31.2 Å². The molecule has 1 rings (SSSR count). The topological polar surface area (TPSA) is 61.5 Å². The summed E-state index contributed by atoms with van der Waals surface area (Å²) in [5.41, 5.74) is 6.04. The molecule has 0 bridgehead atoms.